The van der Waals surface area contributed by atoms with Crippen LogP contribution >= 0.6 is 0 Å². The molecular weight excluding hydrogens is 138 g/mol. The van der Waals surface area contributed by atoms with Crippen LogP contribution in [-0.2, 0) is 4.79 Å². The largest absolute Gasteiger partial charge is 0.302 e. The van der Waals surface area contributed by atoms with Crippen LogP contribution in [0.2, 0.25) is 0 Å². The van der Waals surface area contributed by atoms with Gasteiger partial charge in [-0.2, -0.15) is 0 Å². The van der Waals surface area contributed by atoms with Gasteiger partial charge in [0, 0.05) is 6.54 Å². The summed E-state index contributed by atoms with van der Waals surface area (Å²) in [5.41, 5.74) is 0. The van der Waals surface area contributed by atoms with Crippen molar-refractivity contribution in [3.05, 3.63) is 0 Å². The Morgan fingerprint density at radius 2 is 2.27 bits per heavy atom. The Balaban J connectivity index is 2.18. The second kappa shape index (κ2) is 3.86. The van der Waals surface area contributed by atoms with E-state index < -0.39 is 0 Å². The van der Waals surface area contributed by atoms with E-state index in [9.17, 15) is 4.79 Å². The molecule has 64 valence electrons. The first-order chi connectivity index (χ1) is 5.24. The van der Waals surface area contributed by atoms with E-state index in [2.05, 4.69) is 4.90 Å². The van der Waals surface area contributed by atoms with Crippen LogP contribution in [-0.4, -0.2) is 30.8 Å². The molecule has 0 aromatic carbocycles. The molecule has 1 fully saturated rings. The van der Waals surface area contributed by atoms with Crippen LogP contribution in [0.1, 0.15) is 26.2 Å². The van der Waals surface area contributed by atoms with E-state index in [1.54, 1.807) is 0 Å². The second-order valence-corrected chi connectivity index (χ2v) is 3.61. The molecule has 0 bridgehead atoms. The van der Waals surface area contributed by atoms with Gasteiger partial charge in [-0.05, 0) is 32.7 Å². The standard InChI is InChI=1S/C9H17NO/c1-8(7-11)10(2)6-9-4-3-5-9/h7-9H,3-6H2,1-2H3. The number of rotatable bonds is 4. The van der Waals surface area contributed by atoms with Gasteiger partial charge < -0.3 is 4.79 Å². The van der Waals surface area contributed by atoms with Crippen molar-refractivity contribution in [1.29, 1.82) is 0 Å². The fourth-order valence-electron chi connectivity index (χ4n) is 1.35. The van der Waals surface area contributed by atoms with Gasteiger partial charge in [0.15, 0.2) is 0 Å². The van der Waals surface area contributed by atoms with Gasteiger partial charge in [-0.1, -0.05) is 6.42 Å². The summed E-state index contributed by atoms with van der Waals surface area (Å²) in [7, 11) is 2.03. The highest BCUT2D eigenvalue weighted by Gasteiger charge is 2.20. The highest BCUT2D eigenvalue weighted by Crippen LogP contribution is 2.26. The number of hydrogen-bond donors (Lipinski definition) is 0. The highest BCUT2D eigenvalue weighted by atomic mass is 16.1. The summed E-state index contributed by atoms with van der Waals surface area (Å²) >= 11 is 0. The summed E-state index contributed by atoms with van der Waals surface area (Å²) in [5, 5.41) is 0. The molecule has 0 spiro atoms. The van der Waals surface area contributed by atoms with Crippen molar-refractivity contribution in [1.82, 2.24) is 4.90 Å². The minimum absolute atomic E-state index is 0.0931. The molecule has 2 heteroatoms. The molecule has 1 unspecified atom stereocenters. The molecule has 2 nitrogen and oxygen atoms in total. The molecular formula is C9H17NO. The molecule has 0 aromatic rings. The normalized spacial score (nSPS) is 21.4. The molecule has 0 heterocycles. The third kappa shape index (κ3) is 2.29. The van der Waals surface area contributed by atoms with Crippen molar-refractivity contribution < 1.29 is 4.79 Å². The summed E-state index contributed by atoms with van der Waals surface area (Å²) in [6.07, 6.45) is 5.11. The van der Waals surface area contributed by atoms with Crippen LogP contribution in [0.3, 0.4) is 0 Å². The Labute approximate surface area is 68.6 Å². The Morgan fingerprint density at radius 3 is 2.64 bits per heavy atom. The Bertz CT molecular complexity index is 132. The predicted octanol–water partition coefficient (Wildman–Crippen LogP) is 1.31. The molecule has 1 saturated carbocycles. The second-order valence-electron chi connectivity index (χ2n) is 3.61. The van der Waals surface area contributed by atoms with Crippen molar-refractivity contribution >= 4 is 6.29 Å². The molecule has 0 aromatic heterocycles. The van der Waals surface area contributed by atoms with E-state index in [0.29, 0.717) is 0 Å². The Kier molecular flexibility index (Phi) is 3.06. The molecule has 1 aliphatic rings. The van der Waals surface area contributed by atoms with E-state index in [1.807, 2.05) is 14.0 Å². The van der Waals surface area contributed by atoms with Gasteiger partial charge in [-0.15, -0.1) is 0 Å². The SMILES string of the molecule is CC(C=O)N(C)CC1CCC1. The quantitative estimate of drug-likeness (QED) is 0.570. The predicted molar refractivity (Wildman–Crippen MR) is 45.5 cm³/mol. The summed E-state index contributed by atoms with van der Waals surface area (Å²) in [6, 6.07) is 0.0931. The van der Waals surface area contributed by atoms with E-state index in [0.717, 1.165) is 18.7 Å². The fraction of sp³-hybridized carbons (Fsp3) is 0.889. The molecule has 0 amide bonds. The molecule has 0 saturated heterocycles. The number of likely N-dealkylation sites (N-methyl/N-ethyl adjacent to an activating group) is 1. The van der Waals surface area contributed by atoms with Gasteiger partial charge in [0.05, 0.1) is 6.04 Å². The number of carbonyl (C=O) groups excluding carboxylic acids is 1. The first kappa shape index (κ1) is 8.72. The van der Waals surface area contributed by atoms with Crippen LogP contribution < -0.4 is 0 Å². The maximum Gasteiger partial charge on any atom is 0.136 e. The molecule has 1 aliphatic carbocycles. The van der Waals surface area contributed by atoms with Crippen molar-refractivity contribution in [2.75, 3.05) is 13.6 Å². The molecule has 0 aliphatic heterocycles. The first-order valence-electron chi connectivity index (χ1n) is 4.39. The zero-order valence-corrected chi connectivity index (χ0v) is 7.42. The van der Waals surface area contributed by atoms with E-state index in [1.165, 1.54) is 19.3 Å². The van der Waals surface area contributed by atoms with Crippen molar-refractivity contribution in [2.45, 2.75) is 32.2 Å². The van der Waals surface area contributed by atoms with Gasteiger partial charge in [0.1, 0.15) is 6.29 Å². The fourth-order valence-corrected chi connectivity index (χ4v) is 1.35. The van der Waals surface area contributed by atoms with Crippen LogP contribution in [0, 0.1) is 5.92 Å². The summed E-state index contributed by atoms with van der Waals surface area (Å²) in [5.74, 6) is 0.863. The Hall–Kier alpha value is -0.370. The van der Waals surface area contributed by atoms with Crippen LogP contribution in [0.15, 0.2) is 0 Å². The molecule has 1 rings (SSSR count). The average molecular weight is 155 g/mol. The minimum atomic E-state index is 0.0931. The maximum atomic E-state index is 10.4. The van der Waals surface area contributed by atoms with Gasteiger partial charge in [-0.25, -0.2) is 0 Å². The lowest BCUT2D eigenvalue weighted by atomic mass is 9.85. The third-order valence-corrected chi connectivity index (χ3v) is 2.66. The van der Waals surface area contributed by atoms with E-state index in [4.69, 9.17) is 0 Å². The molecule has 11 heavy (non-hydrogen) atoms. The van der Waals surface area contributed by atoms with Gasteiger partial charge in [0.2, 0.25) is 0 Å². The lowest BCUT2D eigenvalue weighted by molar-refractivity contribution is -0.111. The van der Waals surface area contributed by atoms with E-state index in [-0.39, 0.29) is 6.04 Å². The summed E-state index contributed by atoms with van der Waals surface area (Å²) in [6.45, 7) is 3.05. The number of nitrogens with zero attached hydrogens (tertiary/aromatic N) is 1. The highest BCUT2D eigenvalue weighted by molar-refractivity contribution is 5.56. The zero-order chi connectivity index (χ0) is 8.27. The zero-order valence-electron chi connectivity index (χ0n) is 7.42. The number of carbonyl (C=O) groups is 1. The number of aldehydes is 1. The lowest BCUT2D eigenvalue weighted by Crippen LogP contribution is -2.36. The van der Waals surface area contributed by atoms with Gasteiger partial charge in [-0.3, -0.25) is 4.90 Å². The topological polar surface area (TPSA) is 20.3 Å². The smallest absolute Gasteiger partial charge is 0.136 e. The monoisotopic (exact) mass is 155 g/mol. The van der Waals surface area contributed by atoms with Crippen molar-refractivity contribution in [3.8, 4) is 0 Å². The van der Waals surface area contributed by atoms with Gasteiger partial charge in [0.25, 0.3) is 0 Å². The minimum Gasteiger partial charge on any atom is -0.302 e. The first-order valence-corrected chi connectivity index (χ1v) is 4.39. The van der Waals surface area contributed by atoms with Crippen molar-refractivity contribution in [3.63, 3.8) is 0 Å². The lowest BCUT2D eigenvalue weighted by Gasteiger charge is -2.31. The van der Waals surface area contributed by atoms with Crippen LogP contribution in [0.25, 0.3) is 0 Å². The molecule has 0 N–H and O–H groups in total. The van der Waals surface area contributed by atoms with Gasteiger partial charge >= 0.3 is 0 Å². The summed E-state index contributed by atoms with van der Waals surface area (Å²) < 4.78 is 0. The van der Waals surface area contributed by atoms with Crippen LogP contribution in [0.5, 0.6) is 0 Å². The van der Waals surface area contributed by atoms with Crippen molar-refractivity contribution in [2.24, 2.45) is 5.92 Å². The summed E-state index contributed by atoms with van der Waals surface area (Å²) in [4.78, 5) is 12.5. The molecule has 1 atom stereocenters. The van der Waals surface area contributed by atoms with Crippen LogP contribution in [0.4, 0.5) is 0 Å². The number of hydrogen-bond acceptors (Lipinski definition) is 2. The maximum absolute atomic E-state index is 10.4. The van der Waals surface area contributed by atoms with E-state index >= 15 is 0 Å². The Morgan fingerprint density at radius 1 is 1.64 bits per heavy atom. The molecule has 0 radical (unpaired) electrons. The average Bonchev–Trinajstić information content (AvgIpc) is 1.94. The third-order valence-electron chi connectivity index (χ3n) is 2.66.